The van der Waals surface area contributed by atoms with Crippen LogP contribution < -0.4 is 0 Å². The van der Waals surface area contributed by atoms with Gasteiger partial charge in [-0.15, -0.1) is 0 Å². The molecule has 0 aliphatic rings. The number of hydrogen-bond donors (Lipinski definition) is 1. The summed E-state index contributed by atoms with van der Waals surface area (Å²) < 4.78 is 0.966. The minimum atomic E-state index is -0.943. The lowest BCUT2D eigenvalue weighted by Crippen LogP contribution is -2.21. The fourth-order valence-corrected chi connectivity index (χ4v) is 1.79. The predicted molar refractivity (Wildman–Crippen MR) is 63.8 cm³/mol. The second-order valence-electron chi connectivity index (χ2n) is 4.05. The number of carboxylic acid groups (broad SMARTS) is 1. The molecule has 0 saturated heterocycles. The average Bonchev–Trinajstić information content (AvgIpc) is 2.20. The quantitative estimate of drug-likeness (QED) is 0.923. The zero-order valence-corrected chi connectivity index (χ0v) is 10.5. The van der Waals surface area contributed by atoms with Crippen molar-refractivity contribution in [3.63, 3.8) is 0 Å². The lowest BCUT2D eigenvalue weighted by Gasteiger charge is -2.19. The van der Waals surface area contributed by atoms with Crippen LogP contribution in [0.5, 0.6) is 0 Å². The summed E-state index contributed by atoms with van der Waals surface area (Å²) in [7, 11) is 0. The van der Waals surface area contributed by atoms with Crippen LogP contribution in [0.4, 0.5) is 0 Å². The van der Waals surface area contributed by atoms with Gasteiger partial charge in [-0.2, -0.15) is 5.26 Å². The highest BCUT2D eigenvalue weighted by atomic mass is 79.9. The number of carbonyl (C=O) groups is 1. The Labute approximate surface area is 103 Å². The Morgan fingerprint density at radius 2 is 2.06 bits per heavy atom. The smallest absolute Gasteiger partial charge is 0.304 e. The van der Waals surface area contributed by atoms with Crippen molar-refractivity contribution in [2.75, 3.05) is 0 Å². The maximum Gasteiger partial charge on any atom is 0.304 e. The molecule has 1 rings (SSSR count). The van der Waals surface area contributed by atoms with Gasteiger partial charge in [-0.25, -0.2) is 0 Å². The molecule has 1 unspecified atom stereocenters. The Balaban J connectivity index is 2.81. The molecule has 0 aliphatic heterocycles. The van der Waals surface area contributed by atoms with Crippen molar-refractivity contribution in [2.45, 2.75) is 19.8 Å². The Hall–Kier alpha value is -1.34. The van der Waals surface area contributed by atoms with E-state index in [1.165, 1.54) is 0 Å². The summed E-state index contributed by atoms with van der Waals surface area (Å²) in [5.41, 5.74) is 0.119. The minimum Gasteiger partial charge on any atom is -0.481 e. The van der Waals surface area contributed by atoms with E-state index in [-0.39, 0.29) is 6.42 Å². The highest BCUT2D eigenvalue weighted by Gasteiger charge is 2.27. The highest BCUT2D eigenvalue weighted by Crippen LogP contribution is 2.26. The molecule has 4 heteroatoms. The summed E-state index contributed by atoms with van der Waals surface area (Å²) in [5.74, 6) is -0.943. The zero-order valence-electron chi connectivity index (χ0n) is 8.90. The molecule has 16 heavy (non-hydrogen) atoms. The monoisotopic (exact) mass is 281 g/mol. The summed E-state index contributed by atoms with van der Waals surface area (Å²) in [6.45, 7) is 1.67. The molecule has 1 N–H and O–H groups in total. The second-order valence-corrected chi connectivity index (χ2v) is 4.96. The Morgan fingerprint density at radius 1 is 1.50 bits per heavy atom. The van der Waals surface area contributed by atoms with Gasteiger partial charge in [0.2, 0.25) is 0 Å². The first-order valence-electron chi connectivity index (χ1n) is 4.83. The molecular weight excluding hydrogens is 270 g/mol. The number of aliphatic carboxylic acids is 1. The Bertz CT molecular complexity index is 422. The molecule has 84 valence electrons. The zero-order chi connectivity index (χ0) is 12.2. The van der Waals surface area contributed by atoms with Crippen LogP contribution >= 0.6 is 15.9 Å². The fraction of sp³-hybridized carbons (Fsp3) is 0.333. The van der Waals surface area contributed by atoms with Crippen LogP contribution in [-0.4, -0.2) is 11.1 Å². The first kappa shape index (κ1) is 12.7. The molecule has 0 heterocycles. The van der Waals surface area contributed by atoms with E-state index in [2.05, 4.69) is 22.0 Å². The number of rotatable bonds is 4. The van der Waals surface area contributed by atoms with Crippen molar-refractivity contribution in [3.8, 4) is 6.07 Å². The summed E-state index contributed by atoms with van der Waals surface area (Å²) in [4.78, 5) is 10.7. The predicted octanol–water partition coefficient (Wildman–Crippen LogP) is 3.00. The third-order valence-corrected chi connectivity index (χ3v) is 2.85. The Morgan fingerprint density at radius 3 is 2.50 bits per heavy atom. The molecule has 0 fully saturated rings. The van der Waals surface area contributed by atoms with Crippen molar-refractivity contribution in [1.29, 1.82) is 5.26 Å². The van der Waals surface area contributed by atoms with E-state index in [0.29, 0.717) is 6.42 Å². The van der Waals surface area contributed by atoms with Crippen LogP contribution in [-0.2, 0) is 11.2 Å². The number of nitrogens with zero attached hydrogens (tertiary/aromatic N) is 1. The lowest BCUT2D eigenvalue weighted by atomic mass is 9.82. The molecule has 0 radical (unpaired) electrons. The number of halogens is 1. The van der Waals surface area contributed by atoms with Gasteiger partial charge in [-0.1, -0.05) is 28.1 Å². The van der Waals surface area contributed by atoms with Gasteiger partial charge in [-0.05, 0) is 31.0 Å². The summed E-state index contributed by atoms with van der Waals surface area (Å²) in [6.07, 6.45) is 0.308. The van der Waals surface area contributed by atoms with Crippen LogP contribution in [0.3, 0.4) is 0 Å². The van der Waals surface area contributed by atoms with E-state index in [1.807, 2.05) is 24.3 Å². The molecule has 1 atom stereocenters. The van der Waals surface area contributed by atoms with Crippen LogP contribution in [0.25, 0.3) is 0 Å². The molecule has 1 aromatic rings. The number of hydrogen-bond acceptors (Lipinski definition) is 2. The summed E-state index contributed by atoms with van der Waals surface area (Å²) >= 11 is 3.32. The summed E-state index contributed by atoms with van der Waals surface area (Å²) in [5, 5.41) is 17.8. The van der Waals surface area contributed by atoms with Gasteiger partial charge in [0.25, 0.3) is 0 Å². The number of carboxylic acids is 1. The van der Waals surface area contributed by atoms with Crippen LogP contribution in [0, 0.1) is 16.7 Å². The molecule has 0 aromatic heterocycles. The van der Waals surface area contributed by atoms with Crippen molar-refractivity contribution < 1.29 is 9.90 Å². The van der Waals surface area contributed by atoms with Gasteiger partial charge >= 0.3 is 5.97 Å². The maximum atomic E-state index is 10.7. The van der Waals surface area contributed by atoms with Gasteiger partial charge in [0.1, 0.15) is 0 Å². The number of benzene rings is 1. The summed E-state index contributed by atoms with van der Waals surface area (Å²) in [6, 6.07) is 9.63. The van der Waals surface area contributed by atoms with E-state index in [4.69, 9.17) is 10.4 Å². The molecule has 3 nitrogen and oxygen atoms in total. The van der Waals surface area contributed by atoms with Crippen molar-refractivity contribution in [3.05, 3.63) is 34.3 Å². The molecule has 0 bridgehead atoms. The van der Waals surface area contributed by atoms with Gasteiger partial charge in [-0.3, -0.25) is 4.79 Å². The van der Waals surface area contributed by atoms with Gasteiger partial charge in [0, 0.05) is 4.47 Å². The third kappa shape index (κ3) is 3.67. The standard InChI is InChI=1S/C12H12BrNO2/c1-12(8-14,7-11(15)16)6-9-2-4-10(13)5-3-9/h2-5H,6-7H2,1H3,(H,15,16). The fourth-order valence-electron chi connectivity index (χ4n) is 1.53. The van der Waals surface area contributed by atoms with E-state index in [9.17, 15) is 4.79 Å². The first-order valence-corrected chi connectivity index (χ1v) is 5.62. The minimum absolute atomic E-state index is 0.139. The van der Waals surface area contributed by atoms with Crippen LogP contribution in [0.1, 0.15) is 18.9 Å². The van der Waals surface area contributed by atoms with Crippen molar-refractivity contribution >= 4 is 21.9 Å². The van der Waals surface area contributed by atoms with E-state index >= 15 is 0 Å². The molecule has 0 spiro atoms. The molecule has 0 aliphatic carbocycles. The van der Waals surface area contributed by atoms with Crippen molar-refractivity contribution in [2.24, 2.45) is 5.41 Å². The maximum absolute atomic E-state index is 10.7. The normalized spacial score (nSPS) is 13.8. The van der Waals surface area contributed by atoms with E-state index < -0.39 is 11.4 Å². The average molecular weight is 282 g/mol. The SMILES string of the molecule is CC(C#N)(CC(=O)O)Cc1ccc(Br)cc1. The highest BCUT2D eigenvalue weighted by molar-refractivity contribution is 9.10. The second kappa shape index (κ2) is 5.13. The Kier molecular flexibility index (Phi) is 4.08. The first-order chi connectivity index (χ1) is 7.45. The largest absolute Gasteiger partial charge is 0.481 e. The topological polar surface area (TPSA) is 61.1 Å². The van der Waals surface area contributed by atoms with Gasteiger partial charge < -0.3 is 5.11 Å². The molecule has 0 amide bonds. The van der Waals surface area contributed by atoms with Crippen LogP contribution in [0.2, 0.25) is 0 Å². The third-order valence-electron chi connectivity index (χ3n) is 2.32. The van der Waals surface area contributed by atoms with Crippen molar-refractivity contribution in [1.82, 2.24) is 0 Å². The number of nitriles is 1. The van der Waals surface area contributed by atoms with Crippen LogP contribution in [0.15, 0.2) is 28.7 Å². The molecule has 0 saturated carbocycles. The molecular formula is C12H12BrNO2. The lowest BCUT2D eigenvalue weighted by molar-refractivity contribution is -0.138. The van der Waals surface area contributed by atoms with Gasteiger partial charge in [0.05, 0.1) is 17.9 Å². The molecule has 1 aromatic carbocycles. The van der Waals surface area contributed by atoms with E-state index in [0.717, 1.165) is 10.0 Å². The van der Waals surface area contributed by atoms with E-state index in [1.54, 1.807) is 6.92 Å². The van der Waals surface area contributed by atoms with Gasteiger partial charge in [0.15, 0.2) is 0 Å².